The van der Waals surface area contributed by atoms with Crippen molar-refractivity contribution in [2.75, 3.05) is 9.80 Å². The summed E-state index contributed by atoms with van der Waals surface area (Å²) >= 11 is 1.01. The van der Waals surface area contributed by atoms with Crippen LogP contribution in [0.4, 0.5) is 44.1 Å². The van der Waals surface area contributed by atoms with E-state index in [2.05, 4.69) is 0 Å². The minimum atomic E-state index is -0.666. The zero-order valence-corrected chi connectivity index (χ0v) is 20.2. The van der Waals surface area contributed by atoms with Crippen molar-refractivity contribution in [2.24, 2.45) is 0 Å². The molecule has 9 heteroatoms. The SMILES string of the molecule is O=[N+]([O-])c1c(N(c2ccccc2)c2ccccc2)sc(N(c2ccccc2)c2ccccc2)c1[N+](=O)[O-]. The Morgan fingerprint density at radius 2 is 0.703 bits per heavy atom. The van der Waals surface area contributed by atoms with Crippen LogP contribution in [0.2, 0.25) is 0 Å². The number of nitrogens with zero attached hydrogens (tertiary/aromatic N) is 4. The third-order valence-electron chi connectivity index (χ3n) is 5.65. The molecule has 0 amide bonds. The van der Waals surface area contributed by atoms with Gasteiger partial charge in [-0.05, 0) is 48.5 Å². The summed E-state index contributed by atoms with van der Waals surface area (Å²) in [6.07, 6.45) is 0. The number of anilines is 6. The summed E-state index contributed by atoms with van der Waals surface area (Å²) in [5.41, 5.74) is 1.45. The van der Waals surface area contributed by atoms with Gasteiger partial charge in [-0.1, -0.05) is 84.1 Å². The van der Waals surface area contributed by atoms with Crippen molar-refractivity contribution in [3.8, 4) is 0 Å². The van der Waals surface area contributed by atoms with E-state index in [4.69, 9.17) is 0 Å². The van der Waals surface area contributed by atoms with Crippen LogP contribution in [0.1, 0.15) is 0 Å². The monoisotopic (exact) mass is 508 g/mol. The highest BCUT2D eigenvalue weighted by Gasteiger charge is 2.42. The Bertz CT molecular complexity index is 1330. The van der Waals surface area contributed by atoms with E-state index in [1.807, 2.05) is 121 Å². The largest absolute Gasteiger partial charge is 0.383 e. The van der Waals surface area contributed by atoms with Crippen LogP contribution in [-0.4, -0.2) is 9.85 Å². The molecule has 1 aromatic heterocycles. The Labute approximate surface area is 216 Å². The molecule has 0 aliphatic carbocycles. The van der Waals surface area contributed by atoms with Gasteiger partial charge in [-0.25, -0.2) is 0 Å². The average molecular weight is 509 g/mol. The Kier molecular flexibility index (Phi) is 6.60. The molecule has 5 aromatic rings. The smallest absolute Gasteiger partial charge is 0.296 e. The van der Waals surface area contributed by atoms with E-state index in [0.717, 1.165) is 11.3 Å². The second kappa shape index (κ2) is 10.3. The van der Waals surface area contributed by atoms with Gasteiger partial charge in [-0.2, -0.15) is 0 Å². The lowest BCUT2D eigenvalue weighted by Crippen LogP contribution is -2.10. The van der Waals surface area contributed by atoms with Gasteiger partial charge in [0, 0.05) is 22.7 Å². The van der Waals surface area contributed by atoms with Gasteiger partial charge >= 0.3 is 11.4 Å². The molecule has 1 heterocycles. The molecular formula is C28H20N4O4S. The zero-order valence-electron chi connectivity index (χ0n) is 19.4. The predicted molar refractivity (Wildman–Crippen MR) is 147 cm³/mol. The van der Waals surface area contributed by atoms with E-state index in [1.54, 1.807) is 9.80 Å². The van der Waals surface area contributed by atoms with Gasteiger partial charge in [0.1, 0.15) is 0 Å². The fraction of sp³-hybridized carbons (Fsp3) is 0. The van der Waals surface area contributed by atoms with E-state index in [1.165, 1.54) is 0 Å². The summed E-state index contributed by atoms with van der Waals surface area (Å²) in [4.78, 5) is 27.0. The summed E-state index contributed by atoms with van der Waals surface area (Å²) in [7, 11) is 0. The number of para-hydroxylation sites is 4. The predicted octanol–water partition coefficient (Wildman–Crippen LogP) is 8.50. The third kappa shape index (κ3) is 4.63. The molecule has 0 atom stereocenters. The number of benzene rings is 4. The number of nitro groups is 2. The normalized spacial score (nSPS) is 10.6. The average Bonchev–Trinajstić information content (AvgIpc) is 3.32. The number of hydrogen-bond acceptors (Lipinski definition) is 7. The summed E-state index contributed by atoms with van der Waals surface area (Å²) in [5.74, 6) is 0. The Morgan fingerprint density at radius 3 is 0.919 bits per heavy atom. The van der Waals surface area contributed by atoms with Crippen LogP contribution in [0.3, 0.4) is 0 Å². The highest BCUT2D eigenvalue weighted by atomic mass is 32.1. The summed E-state index contributed by atoms with van der Waals surface area (Å²) < 4.78 is 0. The van der Waals surface area contributed by atoms with E-state index in [-0.39, 0.29) is 10.0 Å². The van der Waals surface area contributed by atoms with Crippen LogP contribution in [0.25, 0.3) is 0 Å². The van der Waals surface area contributed by atoms with Crippen LogP contribution in [0.15, 0.2) is 121 Å². The van der Waals surface area contributed by atoms with Crippen molar-refractivity contribution >= 4 is 55.5 Å². The standard InChI is InChI=1S/C28H20N4O4S/c33-31(34)25-26(32(35)36)28(30(23-17-9-3-10-18-23)24-19-11-4-12-20-24)37-27(25)29(21-13-5-1-6-14-21)22-15-7-2-8-16-22/h1-20H. The van der Waals surface area contributed by atoms with Gasteiger partial charge in [-0.15, -0.1) is 0 Å². The molecule has 37 heavy (non-hydrogen) atoms. The molecule has 8 nitrogen and oxygen atoms in total. The molecule has 4 aromatic carbocycles. The first-order valence-electron chi connectivity index (χ1n) is 11.3. The van der Waals surface area contributed by atoms with Crippen LogP contribution < -0.4 is 9.80 Å². The van der Waals surface area contributed by atoms with Gasteiger partial charge in [0.25, 0.3) is 0 Å². The molecule has 0 saturated carbocycles. The second-order valence-corrected chi connectivity index (χ2v) is 8.91. The number of hydrogen-bond donors (Lipinski definition) is 0. The minimum Gasteiger partial charge on any atom is -0.296 e. The van der Waals surface area contributed by atoms with E-state index in [0.29, 0.717) is 22.7 Å². The number of rotatable bonds is 8. The zero-order chi connectivity index (χ0) is 25.8. The third-order valence-corrected chi connectivity index (χ3v) is 6.79. The molecule has 0 aliphatic heterocycles. The van der Waals surface area contributed by atoms with Crippen LogP contribution in [0, 0.1) is 20.2 Å². The summed E-state index contributed by atoms with van der Waals surface area (Å²) in [6, 6.07) is 36.4. The molecule has 0 radical (unpaired) electrons. The first kappa shape index (κ1) is 23.7. The number of thiophene rings is 1. The minimum absolute atomic E-state index is 0.140. The summed E-state index contributed by atoms with van der Waals surface area (Å²) in [5, 5.41) is 25.3. The lowest BCUT2D eigenvalue weighted by molar-refractivity contribution is -0.420. The molecule has 0 spiro atoms. The van der Waals surface area contributed by atoms with Crippen molar-refractivity contribution in [1.82, 2.24) is 0 Å². The lowest BCUT2D eigenvalue weighted by Gasteiger charge is -2.24. The first-order valence-corrected chi connectivity index (χ1v) is 12.1. The van der Waals surface area contributed by atoms with Gasteiger partial charge in [0.15, 0.2) is 10.0 Å². The van der Waals surface area contributed by atoms with Crippen molar-refractivity contribution < 1.29 is 9.85 Å². The molecule has 0 unspecified atom stereocenters. The first-order chi connectivity index (χ1) is 18.1. The molecule has 0 fully saturated rings. The fourth-order valence-electron chi connectivity index (χ4n) is 4.10. The van der Waals surface area contributed by atoms with E-state index < -0.39 is 21.2 Å². The lowest BCUT2D eigenvalue weighted by atomic mass is 10.2. The molecule has 5 rings (SSSR count). The molecule has 0 N–H and O–H groups in total. The molecule has 0 saturated heterocycles. The molecule has 0 aliphatic rings. The van der Waals surface area contributed by atoms with Crippen molar-refractivity contribution in [2.45, 2.75) is 0 Å². The van der Waals surface area contributed by atoms with Crippen LogP contribution >= 0.6 is 11.3 Å². The summed E-state index contributed by atoms with van der Waals surface area (Å²) in [6.45, 7) is 0. The van der Waals surface area contributed by atoms with Crippen LogP contribution in [0.5, 0.6) is 0 Å². The van der Waals surface area contributed by atoms with E-state index >= 15 is 0 Å². The van der Waals surface area contributed by atoms with Gasteiger partial charge in [0.05, 0.1) is 9.85 Å². The molecule has 0 bridgehead atoms. The topological polar surface area (TPSA) is 92.8 Å². The van der Waals surface area contributed by atoms with E-state index in [9.17, 15) is 20.2 Å². The maximum Gasteiger partial charge on any atom is 0.383 e. The Hall–Kier alpha value is -5.02. The maximum atomic E-state index is 12.5. The Balaban J connectivity index is 1.84. The quantitative estimate of drug-likeness (QED) is 0.154. The second-order valence-electron chi connectivity index (χ2n) is 7.94. The molecular weight excluding hydrogens is 488 g/mol. The van der Waals surface area contributed by atoms with Crippen LogP contribution in [-0.2, 0) is 0 Å². The van der Waals surface area contributed by atoms with Crippen molar-refractivity contribution in [1.29, 1.82) is 0 Å². The highest BCUT2D eigenvalue weighted by molar-refractivity contribution is 7.21. The van der Waals surface area contributed by atoms with Crippen molar-refractivity contribution in [3.05, 3.63) is 142 Å². The maximum absolute atomic E-state index is 12.5. The van der Waals surface area contributed by atoms with Gasteiger partial charge in [0.2, 0.25) is 0 Å². The Morgan fingerprint density at radius 1 is 0.459 bits per heavy atom. The fourth-order valence-corrected chi connectivity index (χ4v) is 5.42. The van der Waals surface area contributed by atoms with Gasteiger partial charge < -0.3 is 0 Å². The van der Waals surface area contributed by atoms with Crippen molar-refractivity contribution in [3.63, 3.8) is 0 Å². The molecule has 182 valence electrons. The van der Waals surface area contributed by atoms with Gasteiger partial charge in [-0.3, -0.25) is 30.0 Å². The highest BCUT2D eigenvalue weighted by Crippen LogP contribution is 2.57.